The van der Waals surface area contributed by atoms with E-state index in [4.69, 9.17) is 16.3 Å². The first-order valence-electron chi connectivity index (χ1n) is 2.99. The largest absolute Gasteiger partial charge is 2.00 e. The summed E-state index contributed by atoms with van der Waals surface area (Å²) in [5.74, 6) is -0.466. The van der Waals surface area contributed by atoms with E-state index in [1.165, 1.54) is 14.1 Å². The quantitative estimate of drug-likeness (QED) is 0.308. The fraction of sp³-hybridized carbons (Fsp3) is 0.600. The Kier molecular flexibility index (Phi) is 8.46. The number of likely N-dealkylation sites (N-methyl/N-ethyl adjacent to an activating group) is 2. The maximum atomic E-state index is 11.1. The van der Waals surface area contributed by atoms with Crippen LogP contribution in [0.5, 0.6) is 0 Å². The minimum absolute atomic E-state index is 0. The van der Waals surface area contributed by atoms with Crippen molar-refractivity contribution in [2.75, 3.05) is 14.1 Å². The van der Waals surface area contributed by atoms with Crippen LogP contribution in [0.15, 0.2) is 0 Å². The molecule has 0 spiro atoms. The van der Waals surface area contributed by atoms with Gasteiger partial charge in [-0.15, -0.1) is 0 Å². The second kappa shape index (κ2) is 6.73. The molecule has 1 fully saturated rings. The van der Waals surface area contributed by atoms with Crippen LogP contribution in [-0.2, 0) is 4.79 Å². The van der Waals surface area contributed by atoms with Gasteiger partial charge in [0.1, 0.15) is 0 Å². The van der Waals surface area contributed by atoms with Gasteiger partial charge < -0.3 is 2.85 Å². The number of hydrogen-bond acceptors (Lipinski definition) is 3. The Morgan fingerprint density at radius 2 is 1.79 bits per heavy atom. The molecule has 80 valence electrons. The molecular formula is C5H9BrCaCl2N2O3. The predicted octanol–water partition coefficient (Wildman–Crippen LogP) is 0.774. The summed E-state index contributed by atoms with van der Waals surface area (Å²) >= 11 is 12.3. The van der Waals surface area contributed by atoms with Crippen LogP contribution in [0.4, 0.5) is 4.79 Å². The van der Waals surface area contributed by atoms with E-state index in [1.807, 2.05) is 0 Å². The Balaban J connectivity index is -0.000000136. The molecule has 3 amide bonds. The summed E-state index contributed by atoms with van der Waals surface area (Å²) in [5.41, 5.74) is 0. The van der Waals surface area contributed by atoms with E-state index >= 15 is 0 Å². The average Bonchev–Trinajstić information content (AvgIpc) is 2.25. The Hall–Kier alpha value is 1.22. The van der Waals surface area contributed by atoms with Crippen molar-refractivity contribution in [1.29, 1.82) is 0 Å². The first-order chi connectivity index (χ1) is 5.89. The standard InChI is InChI=1S/C5H6BrClN2O2.Ca.ClHO.2H/c1-8-3(10)5(6,7)9(2)4(8)11;;1-2;;/h1-2H3;;2H;;/q;+2;;2*-1. The SMILES string of the molecule is CN1C(=O)N(C)C(Cl)(Br)C1=O.OCl.[Ca+2].[H-].[H-]. The number of alkyl halides is 2. The van der Waals surface area contributed by atoms with Crippen LogP contribution in [0.25, 0.3) is 0 Å². The van der Waals surface area contributed by atoms with Crippen molar-refractivity contribution in [1.82, 2.24) is 9.80 Å². The maximum Gasteiger partial charge on any atom is 2.00 e. The molecular weight excluding hydrogens is 327 g/mol. The van der Waals surface area contributed by atoms with Gasteiger partial charge in [0.2, 0.25) is 0 Å². The maximum absolute atomic E-state index is 11.1. The monoisotopic (exact) mass is 334 g/mol. The van der Waals surface area contributed by atoms with Gasteiger partial charge in [0.25, 0.3) is 9.81 Å². The molecule has 1 unspecified atom stereocenters. The van der Waals surface area contributed by atoms with Crippen molar-refractivity contribution in [3.05, 3.63) is 0 Å². The second-order valence-corrected chi connectivity index (χ2v) is 4.40. The van der Waals surface area contributed by atoms with Gasteiger partial charge in [-0.2, -0.15) is 0 Å². The third kappa shape index (κ3) is 3.10. The van der Waals surface area contributed by atoms with Gasteiger partial charge in [-0.25, -0.2) is 4.79 Å². The third-order valence-corrected chi connectivity index (χ3v) is 2.84. The summed E-state index contributed by atoms with van der Waals surface area (Å²) in [4.78, 5) is 24.3. The fourth-order valence-corrected chi connectivity index (χ4v) is 1.39. The number of amides is 3. The van der Waals surface area contributed by atoms with E-state index in [0.717, 1.165) is 9.80 Å². The van der Waals surface area contributed by atoms with Crippen LogP contribution in [0.1, 0.15) is 2.85 Å². The van der Waals surface area contributed by atoms with Crippen molar-refractivity contribution in [3.63, 3.8) is 0 Å². The summed E-state index contributed by atoms with van der Waals surface area (Å²) in [7, 11) is 2.83. The van der Waals surface area contributed by atoms with Crippen molar-refractivity contribution in [2.45, 2.75) is 3.91 Å². The first-order valence-corrected chi connectivity index (χ1v) is 4.50. The minimum atomic E-state index is -1.39. The van der Waals surface area contributed by atoms with Gasteiger partial charge in [-0.1, -0.05) is 11.6 Å². The van der Waals surface area contributed by atoms with Gasteiger partial charge in [0.05, 0.1) is 11.9 Å². The second-order valence-electron chi connectivity index (χ2n) is 2.25. The van der Waals surface area contributed by atoms with Crippen LogP contribution >= 0.6 is 39.4 Å². The van der Waals surface area contributed by atoms with Crippen molar-refractivity contribution in [3.8, 4) is 0 Å². The molecule has 0 radical (unpaired) electrons. The zero-order valence-electron chi connectivity index (χ0n) is 9.50. The number of carbonyl (C=O) groups excluding carboxylic acids is 2. The van der Waals surface area contributed by atoms with E-state index in [1.54, 1.807) is 0 Å². The summed E-state index contributed by atoms with van der Waals surface area (Å²) < 4.78 is 5.08. The van der Waals surface area contributed by atoms with Crippen molar-refractivity contribution in [2.24, 2.45) is 0 Å². The van der Waals surface area contributed by atoms with Crippen molar-refractivity contribution < 1.29 is 17.1 Å². The number of imide groups is 1. The van der Waals surface area contributed by atoms with E-state index in [-0.39, 0.29) is 40.6 Å². The molecule has 0 aromatic heterocycles. The molecule has 5 nitrogen and oxygen atoms in total. The van der Waals surface area contributed by atoms with Crippen LogP contribution < -0.4 is 0 Å². The minimum Gasteiger partial charge on any atom is -1.00 e. The predicted molar refractivity (Wildman–Crippen MR) is 59.5 cm³/mol. The number of rotatable bonds is 0. The fourth-order valence-electron chi connectivity index (χ4n) is 0.777. The van der Waals surface area contributed by atoms with Crippen LogP contribution in [0, 0.1) is 0 Å². The Labute approximate surface area is 133 Å². The molecule has 0 aromatic carbocycles. The zero-order valence-corrected chi connectivity index (χ0v) is 12.8. The number of urea groups is 1. The van der Waals surface area contributed by atoms with E-state index < -0.39 is 15.8 Å². The smallest absolute Gasteiger partial charge is 1.00 e. The third-order valence-electron chi connectivity index (χ3n) is 1.56. The molecule has 1 atom stereocenters. The molecule has 1 aliphatic rings. The Bertz CT molecular complexity index is 250. The van der Waals surface area contributed by atoms with Crippen LogP contribution in [0.3, 0.4) is 0 Å². The summed E-state index contributed by atoms with van der Waals surface area (Å²) in [6.45, 7) is 0. The first kappa shape index (κ1) is 17.6. The van der Waals surface area contributed by atoms with Crippen LogP contribution in [-0.4, -0.2) is 82.1 Å². The molecule has 1 saturated heterocycles. The molecule has 0 saturated carbocycles. The Morgan fingerprint density at radius 1 is 1.43 bits per heavy atom. The number of hydrogen-bond donors (Lipinski definition) is 1. The molecule has 0 aliphatic carbocycles. The van der Waals surface area contributed by atoms with Gasteiger partial charge in [-0.3, -0.25) is 19.3 Å². The Morgan fingerprint density at radius 3 is 1.86 bits per heavy atom. The molecule has 1 heterocycles. The average molecular weight is 336 g/mol. The molecule has 1 aliphatic heterocycles. The van der Waals surface area contributed by atoms with Gasteiger partial charge in [0.15, 0.2) is 0 Å². The van der Waals surface area contributed by atoms with Gasteiger partial charge in [-0.05, 0) is 15.9 Å². The zero-order chi connectivity index (χ0) is 10.8. The van der Waals surface area contributed by atoms with Crippen LogP contribution in [0.2, 0.25) is 0 Å². The number of carbonyl (C=O) groups is 2. The van der Waals surface area contributed by atoms with Gasteiger partial charge in [0, 0.05) is 14.1 Å². The number of halogens is 3. The number of nitrogens with zero attached hydrogens (tertiary/aromatic N) is 2. The summed E-state index contributed by atoms with van der Waals surface area (Å²) in [6, 6.07) is -0.415. The molecule has 0 bridgehead atoms. The topological polar surface area (TPSA) is 60.9 Å². The molecule has 1 rings (SSSR count). The van der Waals surface area contributed by atoms with Crippen molar-refractivity contribution >= 4 is 89.1 Å². The molecule has 0 aromatic rings. The van der Waals surface area contributed by atoms with E-state index in [2.05, 4.69) is 27.8 Å². The van der Waals surface area contributed by atoms with E-state index in [9.17, 15) is 9.59 Å². The van der Waals surface area contributed by atoms with Gasteiger partial charge >= 0.3 is 43.8 Å². The van der Waals surface area contributed by atoms with E-state index in [0.29, 0.717) is 0 Å². The molecule has 14 heavy (non-hydrogen) atoms. The summed E-state index contributed by atoms with van der Waals surface area (Å²) in [6.07, 6.45) is 0. The molecule has 1 N–H and O–H groups in total. The normalized spacial score (nSPS) is 25.6. The molecule has 9 heteroatoms. The summed E-state index contributed by atoms with van der Waals surface area (Å²) in [5, 5.41) is 0.